The Kier molecular flexibility index (Phi) is 8.19. The number of esters is 2. The third-order valence-corrected chi connectivity index (χ3v) is 6.95. The molecule has 2 aliphatic heterocycles. The van der Waals surface area contributed by atoms with Crippen LogP contribution in [0.25, 0.3) is 0 Å². The molecule has 206 valence electrons. The summed E-state index contributed by atoms with van der Waals surface area (Å²) in [5, 5.41) is 0. The van der Waals surface area contributed by atoms with E-state index in [0.717, 1.165) is 45.1 Å². The highest BCUT2D eigenvalue weighted by molar-refractivity contribution is 6.10. The Hall–Kier alpha value is -4.14. The predicted octanol–water partition coefficient (Wildman–Crippen LogP) is 4.48. The van der Waals surface area contributed by atoms with Gasteiger partial charge in [0.1, 0.15) is 13.2 Å². The van der Waals surface area contributed by atoms with Crippen LogP contribution in [-0.2, 0) is 22.3 Å². The van der Waals surface area contributed by atoms with Crippen molar-refractivity contribution in [3.8, 4) is 0 Å². The molecule has 0 radical (unpaired) electrons. The van der Waals surface area contributed by atoms with Crippen LogP contribution in [0.2, 0.25) is 0 Å². The van der Waals surface area contributed by atoms with Gasteiger partial charge in [-0.05, 0) is 86.8 Å². The fourth-order valence-corrected chi connectivity index (χ4v) is 4.65. The summed E-state index contributed by atoms with van der Waals surface area (Å²) in [6.07, 6.45) is 1.32. The molecule has 3 aromatic rings. The van der Waals surface area contributed by atoms with Gasteiger partial charge < -0.3 is 19.3 Å². The highest BCUT2D eigenvalue weighted by Gasteiger charge is 2.21. The number of aliphatic imine (C=N–C) groups is 2. The molecule has 0 atom stereocenters. The van der Waals surface area contributed by atoms with Crippen LogP contribution >= 0.6 is 0 Å². The van der Waals surface area contributed by atoms with E-state index in [0.29, 0.717) is 50.3 Å². The van der Waals surface area contributed by atoms with Gasteiger partial charge in [0.15, 0.2) is 0 Å². The van der Waals surface area contributed by atoms with E-state index in [4.69, 9.17) is 19.5 Å². The lowest BCUT2D eigenvalue weighted by Gasteiger charge is -2.10. The summed E-state index contributed by atoms with van der Waals surface area (Å²) in [6, 6.07) is 19.3. The van der Waals surface area contributed by atoms with E-state index in [1.54, 1.807) is 12.1 Å². The van der Waals surface area contributed by atoms with Gasteiger partial charge in [0.2, 0.25) is 0 Å². The van der Waals surface area contributed by atoms with Gasteiger partial charge in [0.25, 0.3) is 0 Å². The number of nitrogens with zero attached hydrogens (tertiary/aromatic N) is 4. The number of carbonyl (C=O) groups is 2. The maximum Gasteiger partial charge on any atom is 0.338 e. The SMILES string of the molecule is CN(C)CCOC(=O)c1ccc2c(c1)CC(c1ccc(C3=Nc4ccc(C(=O)OCCN(C)C)cc4C3)cc1)=N2. The smallest absolute Gasteiger partial charge is 0.338 e. The van der Waals surface area contributed by atoms with Crippen molar-refractivity contribution in [2.45, 2.75) is 12.8 Å². The first-order valence-electron chi connectivity index (χ1n) is 13.4. The van der Waals surface area contributed by atoms with Gasteiger partial charge >= 0.3 is 11.9 Å². The molecule has 0 amide bonds. The van der Waals surface area contributed by atoms with Crippen LogP contribution in [0.3, 0.4) is 0 Å². The van der Waals surface area contributed by atoms with Gasteiger partial charge in [-0.2, -0.15) is 0 Å². The first-order valence-corrected chi connectivity index (χ1v) is 13.4. The molecule has 0 aliphatic carbocycles. The molecule has 0 N–H and O–H groups in total. The van der Waals surface area contributed by atoms with E-state index in [9.17, 15) is 9.59 Å². The molecule has 0 aromatic heterocycles. The normalized spacial score (nSPS) is 13.7. The molecule has 2 heterocycles. The first-order chi connectivity index (χ1) is 19.3. The van der Waals surface area contributed by atoms with Gasteiger partial charge in [0.05, 0.1) is 33.9 Å². The van der Waals surface area contributed by atoms with Crippen LogP contribution < -0.4 is 0 Å². The summed E-state index contributed by atoms with van der Waals surface area (Å²) in [5.41, 5.74) is 8.92. The van der Waals surface area contributed by atoms with Crippen LogP contribution in [-0.4, -0.2) is 87.7 Å². The number of ether oxygens (including phenoxy) is 2. The molecule has 8 heteroatoms. The van der Waals surface area contributed by atoms with Crippen molar-refractivity contribution in [1.29, 1.82) is 0 Å². The number of rotatable bonds is 10. The van der Waals surface area contributed by atoms with Crippen molar-refractivity contribution >= 4 is 34.7 Å². The topological polar surface area (TPSA) is 83.8 Å². The van der Waals surface area contributed by atoms with Crippen molar-refractivity contribution in [3.63, 3.8) is 0 Å². The fraction of sp³-hybridized carbons (Fsp3) is 0.312. The van der Waals surface area contributed by atoms with Gasteiger partial charge in [-0.3, -0.25) is 9.98 Å². The molecule has 0 fully saturated rings. The average Bonchev–Trinajstić information content (AvgIpc) is 3.56. The van der Waals surface area contributed by atoms with Crippen LogP contribution in [0.1, 0.15) is 43.0 Å². The van der Waals surface area contributed by atoms with Crippen LogP contribution in [0.4, 0.5) is 11.4 Å². The maximum absolute atomic E-state index is 12.4. The monoisotopic (exact) mass is 538 g/mol. The molecule has 0 saturated carbocycles. The molecular formula is C32H34N4O4. The number of hydrogen-bond acceptors (Lipinski definition) is 8. The summed E-state index contributed by atoms with van der Waals surface area (Å²) in [4.78, 5) is 38.4. The largest absolute Gasteiger partial charge is 0.461 e. The van der Waals surface area contributed by atoms with Crippen LogP contribution in [0.5, 0.6) is 0 Å². The Morgan fingerprint density at radius 2 is 1.05 bits per heavy atom. The van der Waals surface area contributed by atoms with E-state index >= 15 is 0 Å². The number of fused-ring (bicyclic) bond motifs is 2. The molecular weight excluding hydrogens is 504 g/mol. The highest BCUT2D eigenvalue weighted by atomic mass is 16.5. The van der Waals surface area contributed by atoms with E-state index in [-0.39, 0.29) is 11.9 Å². The Labute approximate surface area is 235 Å². The third-order valence-electron chi connectivity index (χ3n) is 6.95. The zero-order chi connectivity index (χ0) is 28.2. The van der Waals surface area contributed by atoms with Gasteiger partial charge in [-0.1, -0.05) is 24.3 Å². The average molecular weight is 539 g/mol. The van der Waals surface area contributed by atoms with Crippen molar-refractivity contribution in [1.82, 2.24) is 9.80 Å². The van der Waals surface area contributed by atoms with E-state index in [2.05, 4.69) is 24.3 Å². The zero-order valence-corrected chi connectivity index (χ0v) is 23.4. The van der Waals surface area contributed by atoms with Crippen LogP contribution in [0.15, 0.2) is 70.6 Å². The molecule has 5 rings (SSSR count). The summed E-state index contributed by atoms with van der Waals surface area (Å²) in [7, 11) is 7.77. The van der Waals surface area contributed by atoms with Gasteiger partial charge in [-0.25, -0.2) is 9.59 Å². The quantitative estimate of drug-likeness (QED) is 0.354. The van der Waals surface area contributed by atoms with E-state index in [1.807, 2.05) is 62.3 Å². The lowest BCUT2D eigenvalue weighted by Crippen LogP contribution is -2.20. The summed E-state index contributed by atoms with van der Waals surface area (Å²) >= 11 is 0. The first kappa shape index (κ1) is 27.4. The van der Waals surface area contributed by atoms with Crippen molar-refractivity contribution < 1.29 is 19.1 Å². The lowest BCUT2D eigenvalue weighted by atomic mass is 9.99. The number of hydrogen-bond donors (Lipinski definition) is 0. The summed E-state index contributed by atoms with van der Waals surface area (Å²) in [6.45, 7) is 2.09. The molecule has 0 bridgehead atoms. The number of carbonyl (C=O) groups excluding carboxylic acids is 2. The fourth-order valence-electron chi connectivity index (χ4n) is 4.65. The Bertz CT molecular complexity index is 1380. The second-order valence-electron chi connectivity index (χ2n) is 10.6. The van der Waals surface area contributed by atoms with Gasteiger partial charge in [-0.15, -0.1) is 0 Å². The molecule has 0 saturated heterocycles. The molecule has 2 aliphatic rings. The minimum Gasteiger partial charge on any atom is -0.461 e. The van der Waals surface area contributed by atoms with Crippen LogP contribution in [0, 0.1) is 0 Å². The second kappa shape index (κ2) is 11.9. The molecule has 0 spiro atoms. The van der Waals surface area contributed by atoms with E-state index < -0.39 is 0 Å². The van der Waals surface area contributed by atoms with E-state index in [1.165, 1.54) is 0 Å². The standard InChI is InChI=1S/C32H34N4O4/c1-35(2)13-15-39-31(37)23-9-11-27-25(17-23)19-29(33-27)21-5-7-22(8-6-21)30-20-26-18-24(10-12-28(26)34-30)32(38)40-16-14-36(3)4/h5-12,17-18H,13-16,19-20H2,1-4H3. The minimum atomic E-state index is -0.311. The Balaban J connectivity index is 1.20. The Morgan fingerprint density at radius 3 is 1.43 bits per heavy atom. The van der Waals surface area contributed by atoms with Gasteiger partial charge in [0, 0.05) is 25.9 Å². The van der Waals surface area contributed by atoms with Crippen molar-refractivity contribution in [3.05, 3.63) is 94.0 Å². The third kappa shape index (κ3) is 6.35. The number of benzene rings is 3. The summed E-state index contributed by atoms with van der Waals surface area (Å²) in [5.74, 6) is -0.622. The van der Waals surface area contributed by atoms with Crippen molar-refractivity contribution in [2.24, 2.45) is 9.98 Å². The Morgan fingerprint density at radius 1 is 0.650 bits per heavy atom. The zero-order valence-electron chi connectivity index (χ0n) is 23.4. The lowest BCUT2D eigenvalue weighted by molar-refractivity contribution is 0.0472. The molecule has 8 nitrogen and oxygen atoms in total. The predicted molar refractivity (Wildman–Crippen MR) is 157 cm³/mol. The highest BCUT2D eigenvalue weighted by Crippen LogP contribution is 2.32. The van der Waals surface area contributed by atoms with Crippen molar-refractivity contribution in [2.75, 3.05) is 54.5 Å². The summed E-state index contributed by atoms with van der Waals surface area (Å²) < 4.78 is 10.8. The molecule has 40 heavy (non-hydrogen) atoms. The maximum atomic E-state index is 12.4. The second-order valence-corrected chi connectivity index (χ2v) is 10.6. The molecule has 3 aromatic carbocycles. The minimum absolute atomic E-state index is 0.311. The molecule has 0 unspecified atom stereocenters. The number of likely N-dealkylation sites (N-methyl/N-ethyl adjacent to an activating group) is 2.